The molecular weight excluding hydrogens is 263 g/mol. The molecule has 98 valence electrons. The van der Waals surface area contributed by atoms with E-state index in [-0.39, 0.29) is 13.2 Å². The minimum absolute atomic E-state index is 0.237. The normalized spacial score (nSPS) is 8.38. The topological polar surface area (TPSA) is 115 Å². The summed E-state index contributed by atoms with van der Waals surface area (Å²) in [5.41, 5.74) is -2.72. The summed E-state index contributed by atoms with van der Waals surface area (Å²) in [5.74, 6) is 0.463. The molecule has 8 heteroatoms. The van der Waals surface area contributed by atoms with Gasteiger partial charge in [-0.2, -0.15) is 0 Å². The van der Waals surface area contributed by atoms with E-state index >= 15 is 0 Å². The Bertz CT molecular complexity index is 150. The van der Waals surface area contributed by atoms with Crippen molar-refractivity contribution < 1.29 is 30.0 Å². The van der Waals surface area contributed by atoms with Gasteiger partial charge in [-0.25, -0.2) is 9.59 Å². The molecule has 0 atom stereocenters. The number of hydrogen-bond donors (Lipinski definition) is 4. The van der Waals surface area contributed by atoms with Crippen molar-refractivity contribution in [2.24, 2.45) is 5.92 Å². The first-order valence-corrected chi connectivity index (χ1v) is 5.02. The quantitative estimate of drug-likeness (QED) is 0.586. The van der Waals surface area contributed by atoms with Crippen LogP contribution >= 0.6 is 23.2 Å². The average molecular weight is 279 g/mol. The van der Waals surface area contributed by atoms with Crippen LogP contribution in [0.4, 0.5) is 9.59 Å². The van der Waals surface area contributed by atoms with Crippen molar-refractivity contribution in [1.82, 2.24) is 0 Å². The zero-order valence-corrected chi connectivity index (χ0v) is 10.3. The van der Waals surface area contributed by atoms with Gasteiger partial charge in [-0.1, -0.05) is 6.92 Å². The maximum atomic E-state index is 8.77. The molecule has 0 aromatic carbocycles. The minimum Gasteiger partial charge on any atom is -0.469 e. The summed E-state index contributed by atoms with van der Waals surface area (Å²) in [5, 5.41) is 31.1. The lowest BCUT2D eigenvalue weighted by molar-refractivity contribution is 0.219. The molecule has 0 radical (unpaired) electrons. The monoisotopic (exact) mass is 278 g/mol. The molecule has 0 aliphatic carbocycles. The highest BCUT2D eigenvalue weighted by Gasteiger charge is 1.97. The molecular formula is C8H16Cl2O6. The molecule has 0 aromatic rings. The van der Waals surface area contributed by atoms with Crippen LogP contribution in [-0.2, 0) is 0 Å². The molecule has 0 rings (SSSR count). The maximum absolute atomic E-state index is 8.77. The van der Waals surface area contributed by atoms with E-state index in [0.717, 1.165) is 12.8 Å². The van der Waals surface area contributed by atoms with Crippen LogP contribution in [0.3, 0.4) is 0 Å². The van der Waals surface area contributed by atoms with Crippen LogP contribution in [0.2, 0.25) is 0 Å². The zero-order chi connectivity index (χ0) is 13.6. The fraction of sp³-hybridized carbons (Fsp3) is 0.750. The molecule has 0 heterocycles. The molecule has 0 spiro atoms. The van der Waals surface area contributed by atoms with E-state index in [1.54, 1.807) is 0 Å². The molecule has 0 aliphatic rings. The number of hydrogen-bond acceptors (Lipinski definition) is 4. The number of halogens is 2. The average Bonchev–Trinajstić information content (AvgIpc) is 2.02. The van der Waals surface area contributed by atoms with E-state index in [2.05, 4.69) is 23.2 Å². The summed E-state index contributed by atoms with van der Waals surface area (Å²) in [7, 11) is 0. The molecule has 0 aliphatic heterocycles. The fourth-order valence-corrected chi connectivity index (χ4v) is 0.585. The van der Waals surface area contributed by atoms with Crippen molar-refractivity contribution >= 4 is 34.1 Å². The predicted octanol–water partition coefficient (Wildman–Crippen LogP) is 2.19. The van der Waals surface area contributed by atoms with Gasteiger partial charge in [-0.15, -0.1) is 0 Å². The van der Waals surface area contributed by atoms with Crippen molar-refractivity contribution in [2.75, 3.05) is 13.2 Å². The SMILES string of the molecule is CC(CCO)CCO.O=C(O)Cl.O=C(O)Cl. The maximum Gasteiger partial charge on any atom is 0.401 e. The summed E-state index contributed by atoms with van der Waals surface area (Å²) in [6.45, 7) is 2.49. The number of rotatable bonds is 4. The van der Waals surface area contributed by atoms with Gasteiger partial charge >= 0.3 is 10.9 Å². The largest absolute Gasteiger partial charge is 0.469 e. The standard InChI is InChI=1S/C6H14O2.2CHClO2/c1-6(2-4-7)3-5-8;2*2-1(3)4/h6-8H,2-5H2,1H3;2*(H,3,4). The third kappa shape index (κ3) is 70.3. The summed E-state index contributed by atoms with van der Waals surface area (Å²) in [6, 6.07) is 0. The van der Waals surface area contributed by atoms with Gasteiger partial charge in [0.25, 0.3) is 0 Å². The van der Waals surface area contributed by atoms with E-state index in [1.165, 1.54) is 0 Å². The van der Waals surface area contributed by atoms with Gasteiger partial charge in [0.1, 0.15) is 0 Å². The van der Waals surface area contributed by atoms with Crippen molar-refractivity contribution in [3.8, 4) is 0 Å². The van der Waals surface area contributed by atoms with Crippen LogP contribution in [0.15, 0.2) is 0 Å². The van der Waals surface area contributed by atoms with Gasteiger partial charge < -0.3 is 20.4 Å². The molecule has 0 bridgehead atoms. The molecule has 0 unspecified atom stereocenters. The molecule has 6 nitrogen and oxygen atoms in total. The minimum atomic E-state index is -1.36. The number of aliphatic hydroxyl groups is 2. The van der Waals surface area contributed by atoms with E-state index in [4.69, 9.17) is 30.0 Å². The third-order valence-electron chi connectivity index (χ3n) is 1.24. The van der Waals surface area contributed by atoms with E-state index in [1.807, 2.05) is 6.92 Å². The Kier molecular flexibility index (Phi) is 21.9. The number of carboxylic acid groups (broad SMARTS) is 2. The second-order valence-electron chi connectivity index (χ2n) is 2.64. The molecule has 0 fully saturated rings. The van der Waals surface area contributed by atoms with Gasteiger partial charge in [0.2, 0.25) is 0 Å². The summed E-state index contributed by atoms with van der Waals surface area (Å²) < 4.78 is 0. The van der Waals surface area contributed by atoms with Crippen molar-refractivity contribution in [2.45, 2.75) is 19.8 Å². The molecule has 0 saturated carbocycles. The van der Waals surface area contributed by atoms with Gasteiger partial charge in [-0.3, -0.25) is 0 Å². The van der Waals surface area contributed by atoms with Crippen molar-refractivity contribution in [3.05, 3.63) is 0 Å². The molecule has 16 heavy (non-hydrogen) atoms. The molecule has 4 N–H and O–H groups in total. The van der Waals surface area contributed by atoms with Crippen LogP contribution in [0, 0.1) is 5.92 Å². The Morgan fingerprint density at radius 2 is 1.19 bits per heavy atom. The summed E-state index contributed by atoms with van der Waals surface area (Å²) in [4.78, 5) is 17.5. The lowest BCUT2D eigenvalue weighted by Gasteiger charge is -2.04. The highest BCUT2D eigenvalue weighted by Crippen LogP contribution is 2.03. The summed E-state index contributed by atoms with van der Waals surface area (Å²) in [6.07, 6.45) is 1.61. The lowest BCUT2D eigenvalue weighted by atomic mass is 10.1. The van der Waals surface area contributed by atoms with Crippen molar-refractivity contribution in [3.63, 3.8) is 0 Å². The first-order chi connectivity index (χ1) is 7.27. The smallest absolute Gasteiger partial charge is 0.401 e. The van der Waals surface area contributed by atoms with Gasteiger partial charge in [0.05, 0.1) is 0 Å². The third-order valence-corrected chi connectivity index (χ3v) is 1.24. The Balaban J connectivity index is -0.000000179. The first-order valence-electron chi connectivity index (χ1n) is 4.26. The Morgan fingerprint density at radius 3 is 1.31 bits per heavy atom. The highest BCUT2D eigenvalue weighted by atomic mass is 35.5. The van der Waals surface area contributed by atoms with E-state index in [0.29, 0.717) is 5.92 Å². The van der Waals surface area contributed by atoms with Gasteiger partial charge in [-0.05, 0) is 18.8 Å². The number of carbonyl (C=O) groups is 2. The van der Waals surface area contributed by atoms with Crippen molar-refractivity contribution in [1.29, 1.82) is 0 Å². The fourth-order valence-electron chi connectivity index (χ4n) is 0.585. The van der Waals surface area contributed by atoms with E-state index < -0.39 is 10.9 Å². The number of aliphatic hydroxyl groups excluding tert-OH is 2. The Labute approximate surface area is 103 Å². The summed E-state index contributed by atoms with van der Waals surface area (Å²) >= 11 is 8.38. The Morgan fingerprint density at radius 1 is 1.00 bits per heavy atom. The van der Waals surface area contributed by atoms with Crippen LogP contribution in [0.1, 0.15) is 19.8 Å². The van der Waals surface area contributed by atoms with Crippen LogP contribution in [0.5, 0.6) is 0 Å². The van der Waals surface area contributed by atoms with Crippen LogP contribution in [0.25, 0.3) is 0 Å². The molecule has 0 aromatic heterocycles. The van der Waals surface area contributed by atoms with Crippen LogP contribution < -0.4 is 0 Å². The lowest BCUT2D eigenvalue weighted by Crippen LogP contribution is -1.99. The highest BCUT2D eigenvalue weighted by molar-refractivity contribution is 6.60. The van der Waals surface area contributed by atoms with E-state index in [9.17, 15) is 0 Å². The zero-order valence-electron chi connectivity index (χ0n) is 8.77. The Hall–Kier alpha value is -0.560. The molecule has 0 saturated heterocycles. The second-order valence-corrected chi connectivity index (χ2v) is 3.28. The first kappa shape index (κ1) is 20.8. The van der Waals surface area contributed by atoms with Crippen LogP contribution in [-0.4, -0.2) is 44.5 Å². The predicted molar refractivity (Wildman–Crippen MR) is 60.3 cm³/mol. The second kappa shape index (κ2) is 16.9. The van der Waals surface area contributed by atoms with Gasteiger partial charge in [0, 0.05) is 36.4 Å². The molecule has 0 amide bonds. The van der Waals surface area contributed by atoms with Gasteiger partial charge in [0.15, 0.2) is 0 Å².